The summed E-state index contributed by atoms with van der Waals surface area (Å²) in [6, 6.07) is 78.7. The van der Waals surface area contributed by atoms with E-state index in [0.717, 1.165) is 44.5 Å². The van der Waals surface area contributed by atoms with Crippen LogP contribution in [-0.2, 0) is 28.2 Å². The summed E-state index contributed by atoms with van der Waals surface area (Å²) in [5, 5.41) is 13.1. The van der Waals surface area contributed by atoms with E-state index in [9.17, 15) is 0 Å². The molecule has 0 aliphatic carbocycles. The van der Waals surface area contributed by atoms with E-state index in [-0.39, 0.29) is 0 Å². The Morgan fingerprint density at radius 3 is 1.09 bits per heavy atom. The molecule has 0 bridgehead atoms. The first-order valence-electron chi connectivity index (χ1n) is 42.1. The summed E-state index contributed by atoms with van der Waals surface area (Å²) < 4.78 is 44.7. The van der Waals surface area contributed by atoms with Gasteiger partial charge in [-0.25, -0.2) is 18.3 Å². The molecule has 12 heterocycles. The summed E-state index contributed by atoms with van der Waals surface area (Å²) >= 11 is 11.5. The minimum Gasteiger partial charge on any atom is -0.452 e. The molecule has 0 N–H and O–H groups in total. The van der Waals surface area contributed by atoms with Gasteiger partial charge in [-0.1, -0.05) is 164 Å². The minimum atomic E-state index is 0.816. The second kappa shape index (κ2) is 30.7. The average Bonchev–Trinajstić information content (AvgIpc) is 1.58. The molecule has 24 aromatic rings. The van der Waals surface area contributed by atoms with Crippen LogP contribution in [0.5, 0.6) is 0 Å². The van der Waals surface area contributed by atoms with Gasteiger partial charge >= 0.3 is 0 Å². The summed E-state index contributed by atoms with van der Waals surface area (Å²) in [5.41, 5.74) is 28.9. The van der Waals surface area contributed by atoms with Crippen LogP contribution in [0.15, 0.2) is 277 Å². The fourth-order valence-electron chi connectivity index (χ4n) is 19.2. The number of aryl methyl sites for hydroxylation is 16. The standard InChI is InChI=1S/C27H23N2O2.3C27H23N2S2/c1-16-8-7-9-17(2)24(16)29-13-12-28(4)27(29)20-15-23-21(14-18(20)3)26-25(31-23)19-10-5-6-11-22(19)30-26;1-16-8-7-9-17(2)25(16)29-13-12-28(4)26(29)20-15-23-21(14-18(20)3)24-19-10-5-6-11-22(19)30-27(24)31-23;1-16-12-13-20-23-19-10-5-6-11-21(19)30-27(23)31-25(20)22(16)26-28(4)14-15-29(26)24-17(2)8-7-9-18(24)3;1-16-12-13-20-24(31-25-19-10-5-6-11-21(19)30-26(20)25)22(16)27-28(4)14-15-29(27)23-17(2)8-7-9-18(23)3/h4*5-15H,1-4H3/q4*+1. The smallest absolute Gasteiger partial charge is 0.295 e. The molecule has 0 radical (unpaired) electrons. The third-order valence-corrected chi connectivity index (χ3v) is 32.6. The molecule has 10 nitrogen and oxygen atoms in total. The Bertz CT molecular complexity index is 8180. The van der Waals surface area contributed by atoms with Crippen molar-refractivity contribution in [2.45, 2.75) is 83.1 Å². The monoisotopic (exact) mass is 1720 g/mol. The fourth-order valence-corrected chi connectivity index (χ4v) is 27.5. The van der Waals surface area contributed by atoms with Crippen LogP contribution in [0.3, 0.4) is 0 Å². The van der Waals surface area contributed by atoms with Crippen molar-refractivity contribution in [3.05, 3.63) is 335 Å². The molecule has 0 amide bonds. The molecule has 12 aromatic heterocycles. The number of furan rings is 2. The molecule has 0 saturated carbocycles. The molecule has 608 valence electrons. The number of para-hydroxylation sites is 5. The number of rotatable bonds is 8. The van der Waals surface area contributed by atoms with Crippen LogP contribution in [0, 0.1) is 83.1 Å². The van der Waals surface area contributed by atoms with Crippen molar-refractivity contribution in [2.24, 2.45) is 28.2 Å². The Morgan fingerprint density at radius 1 is 0.242 bits per heavy atom. The van der Waals surface area contributed by atoms with Gasteiger partial charge in [-0.05, 0) is 204 Å². The third kappa shape index (κ3) is 12.7. The average molecular weight is 1730 g/mol. The van der Waals surface area contributed by atoms with Gasteiger partial charge < -0.3 is 8.83 Å². The first-order chi connectivity index (χ1) is 60.1. The number of benzene rings is 12. The van der Waals surface area contributed by atoms with E-state index in [0.29, 0.717) is 0 Å². The van der Waals surface area contributed by atoms with E-state index in [1.165, 1.54) is 212 Å². The van der Waals surface area contributed by atoms with Gasteiger partial charge in [0.05, 0.1) is 88.0 Å². The van der Waals surface area contributed by atoms with Gasteiger partial charge in [0.15, 0.2) is 11.2 Å². The molecule has 0 atom stereocenters. The summed E-state index contributed by atoms with van der Waals surface area (Å²) in [7, 11) is 8.54. The molecule has 0 saturated heterocycles. The highest BCUT2D eigenvalue weighted by Crippen LogP contribution is 2.52. The molecule has 16 heteroatoms. The molecule has 0 unspecified atom stereocenters. The zero-order valence-electron chi connectivity index (χ0n) is 72.2. The van der Waals surface area contributed by atoms with Crippen LogP contribution < -0.4 is 18.3 Å². The van der Waals surface area contributed by atoms with Gasteiger partial charge in [0.2, 0.25) is 0 Å². The van der Waals surface area contributed by atoms with Gasteiger partial charge in [0.1, 0.15) is 83.5 Å². The van der Waals surface area contributed by atoms with Crippen molar-refractivity contribution >= 4 is 190 Å². The van der Waals surface area contributed by atoms with E-state index in [2.05, 4.69) is 392 Å². The van der Waals surface area contributed by atoms with Gasteiger partial charge in [0, 0.05) is 61.9 Å². The number of imidazole rings is 4. The van der Waals surface area contributed by atoms with Crippen molar-refractivity contribution in [1.82, 2.24) is 18.3 Å². The zero-order chi connectivity index (χ0) is 85.1. The number of nitrogens with zero attached hydrogens (tertiary/aromatic N) is 8. The highest BCUT2D eigenvalue weighted by Gasteiger charge is 2.33. The Balaban J connectivity index is 0.000000101. The van der Waals surface area contributed by atoms with Crippen molar-refractivity contribution in [3.63, 3.8) is 0 Å². The van der Waals surface area contributed by atoms with E-state index < -0.39 is 0 Å². The van der Waals surface area contributed by atoms with E-state index in [1.807, 2.05) is 92.3 Å². The van der Waals surface area contributed by atoms with Gasteiger partial charge in [-0.3, -0.25) is 0 Å². The Labute approximate surface area is 743 Å². The predicted molar refractivity (Wildman–Crippen MR) is 528 cm³/mol. The SMILES string of the molecule is Cc1cc2c(cc1-c1n(-c3c(C)cccc3C)cc[n+]1C)oc1c3ccccc3oc21.Cc1cc2c(cc1-c1n(-c3c(C)cccc3C)cc[n+]1C)sc1sc3ccccc3c12.Cc1cccc(C)c1-n1cc[n+](C)c1-c1c(C)ccc2c1sc1c3ccccc3sc21.Cc1cccc(C)c1-n1cc[n+](C)c1-c1c(C)ccc2c1sc1sc3ccccc3c12. The lowest BCUT2D eigenvalue weighted by Gasteiger charge is -2.11. The summed E-state index contributed by atoms with van der Waals surface area (Å²) in [4.78, 5) is 0. The number of hydrogen-bond acceptors (Lipinski definition) is 8. The highest BCUT2D eigenvalue weighted by atomic mass is 32.2. The second-order valence-corrected chi connectivity index (χ2v) is 40.2. The predicted octanol–water partition coefficient (Wildman–Crippen LogP) is 29.0. The molecule has 0 aliphatic rings. The number of hydrogen-bond donors (Lipinski definition) is 0. The van der Waals surface area contributed by atoms with Crippen molar-refractivity contribution in [2.75, 3.05) is 0 Å². The van der Waals surface area contributed by atoms with Gasteiger partial charge in [0.25, 0.3) is 23.3 Å². The minimum absolute atomic E-state index is 0.816. The molecule has 24 rings (SSSR count). The molecular formula is C108H92N8O2S6+4. The zero-order valence-corrected chi connectivity index (χ0v) is 77.1. The Morgan fingerprint density at radius 2 is 0.597 bits per heavy atom. The molecule has 0 fully saturated rings. The number of fused-ring (bicyclic) bond motifs is 20. The van der Waals surface area contributed by atoms with Gasteiger partial charge in [-0.2, -0.15) is 18.3 Å². The third-order valence-electron chi connectivity index (χ3n) is 25.1. The molecule has 12 aromatic carbocycles. The van der Waals surface area contributed by atoms with Crippen molar-refractivity contribution in [3.8, 4) is 68.3 Å². The first kappa shape index (κ1) is 78.6. The van der Waals surface area contributed by atoms with Crippen molar-refractivity contribution in [1.29, 1.82) is 0 Å². The molecule has 0 aliphatic heterocycles. The van der Waals surface area contributed by atoms with E-state index in [1.54, 1.807) is 0 Å². The topological polar surface area (TPSA) is 61.5 Å². The number of thiophene rings is 6. The fraction of sp³-hybridized carbons (Fsp3) is 0.148. The lowest BCUT2D eigenvalue weighted by molar-refractivity contribution is -0.659. The maximum atomic E-state index is 6.32. The van der Waals surface area contributed by atoms with Crippen LogP contribution >= 0.6 is 68.0 Å². The summed E-state index contributed by atoms with van der Waals surface area (Å²) in [6.07, 6.45) is 17.3. The highest BCUT2D eigenvalue weighted by molar-refractivity contribution is 7.45. The maximum Gasteiger partial charge on any atom is 0.295 e. The van der Waals surface area contributed by atoms with Crippen molar-refractivity contribution < 1.29 is 27.1 Å². The van der Waals surface area contributed by atoms with Crippen LogP contribution in [0.4, 0.5) is 0 Å². The van der Waals surface area contributed by atoms with Crippen LogP contribution in [0.25, 0.3) is 190 Å². The summed E-state index contributed by atoms with van der Waals surface area (Å²) in [5.74, 6) is 4.81. The normalized spacial score (nSPS) is 11.9. The van der Waals surface area contributed by atoms with E-state index >= 15 is 0 Å². The van der Waals surface area contributed by atoms with E-state index in [4.69, 9.17) is 8.83 Å². The summed E-state index contributed by atoms with van der Waals surface area (Å²) in [6.45, 7) is 26.4. The lowest BCUT2D eigenvalue weighted by Crippen LogP contribution is -2.29. The Kier molecular flexibility index (Phi) is 19.5. The quantitative estimate of drug-likeness (QED) is 0.142. The van der Waals surface area contributed by atoms with Crippen LogP contribution in [0.2, 0.25) is 0 Å². The molecule has 124 heavy (non-hydrogen) atoms. The second-order valence-electron chi connectivity index (χ2n) is 33.4. The van der Waals surface area contributed by atoms with Crippen LogP contribution in [0.1, 0.15) is 66.8 Å². The first-order valence-corrected chi connectivity index (χ1v) is 47.0. The Hall–Kier alpha value is -12.6. The lowest BCUT2D eigenvalue weighted by atomic mass is 10.0. The van der Waals surface area contributed by atoms with Gasteiger partial charge in [-0.15, -0.1) is 68.0 Å². The molecule has 0 spiro atoms. The molecular weight excluding hydrogens is 1630 g/mol. The largest absolute Gasteiger partial charge is 0.452 e. The number of aromatic nitrogens is 8. The van der Waals surface area contributed by atoms with Crippen LogP contribution in [-0.4, -0.2) is 18.3 Å². The maximum absolute atomic E-state index is 6.32.